The Bertz CT molecular complexity index is 275. The van der Waals surface area contributed by atoms with E-state index in [1.54, 1.807) is 29.0 Å². The minimum absolute atomic E-state index is 0.0420. The van der Waals surface area contributed by atoms with Crippen molar-refractivity contribution in [2.45, 2.75) is 11.6 Å². The average Bonchev–Trinajstić information content (AvgIpc) is 1.93. The largest absolute Gasteiger partial charge is 0.477 e. The van der Waals surface area contributed by atoms with E-state index in [-0.39, 0.29) is 6.54 Å². The molecule has 0 unspecified atom stereocenters. The molecule has 11 heavy (non-hydrogen) atoms. The summed E-state index contributed by atoms with van der Waals surface area (Å²) in [5.41, 5.74) is 0. The summed E-state index contributed by atoms with van der Waals surface area (Å²) < 4.78 is 1.55. The molecule has 0 saturated carbocycles. The van der Waals surface area contributed by atoms with Crippen molar-refractivity contribution >= 4 is 18.6 Å². The number of aliphatic carboxylic acids is 1. The van der Waals surface area contributed by atoms with E-state index in [1.165, 1.54) is 0 Å². The molecule has 0 amide bonds. The Morgan fingerprint density at radius 2 is 2.36 bits per heavy atom. The van der Waals surface area contributed by atoms with Crippen LogP contribution < -0.4 is 4.57 Å². The van der Waals surface area contributed by atoms with Gasteiger partial charge in [-0.3, -0.25) is 0 Å². The molecule has 1 N–H and O–H groups in total. The number of aromatic nitrogens is 1. The van der Waals surface area contributed by atoms with Gasteiger partial charge in [0.15, 0.2) is 6.20 Å². The van der Waals surface area contributed by atoms with Crippen molar-refractivity contribution in [3.05, 3.63) is 24.4 Å². The lowest BCUT2D eigenvalue weighted by atomic mass is 10.5. The third-order valence-corrected chi connectivity index (χ3v) is 1.63. The second-order valence-electron chi connectivity index (χ2n) is 2.08. The highest BCUT2D eigenvalue weighted by Gasteiger charge is 2.08. The quantitative estimate of drug-likeness (QED) is 0.496. The van der Waals surface area contributed by atoms with E-state index in [1.807, 2.05) is 0 Å². The van der Waals surface area contributed by atoms with Gasteiger partial charge in [-0.25, -0.2) is 4.79 Å². The van der Waals surface area contributed by atoms with E-state index >= 15 is 0 Å². The Morgan fingerprint density at radius 1 is 1.64 bits per heavy atom. The highest BCUT2D eigenvalue weighted by atomic mass is 32.1. The number of carbonyl (C=O) groups is 1. The third kappa shape index (κ3) is 2.23. The fourth-order valence-corrected chi connectivity index (χ4v) is 0.970. The van der Waals surface area contributed by atoms with E-state index in [4.69, 9.17) is 5.11 Å². The van der Waals surface area contributed by atoms with Gasteiger partial charge in [-0.15, -0.1) is 0 Å². The van der Waals surface area contributed by atoms with Gasteiger partial charge in [-0.1, -0.05) is 12.6 Å². The summed E-state index contributed by atoms with van der Waals surface area (Å²) in [4.78, 5) is 10.3. The maximum atomic E-state index is 10.3. The van der Waals surface area contributed by atoms with Crippen LogP contribution in [0.25, 0.3) is 0 Å². The number of hydrogen-bond donors (Lipinski definition) is 2. The molecule has 1 aromatic heterocycles. The molecule has 0 aromatic carbocycles. The Morgan fingerprint density at radius 3 is 2.91 bits per heavy atom. The highest BCUT2D eigenvalue weighted by molar-refractivity contribution is 7.80. The van der Waals surface area contributed by atoms with Crippen molar-refractivity contribution in [2.24, 2.45) is 0 Å². The zero-order chi connectivity index (χ0) is 8.27. The highest BCUT2D eigenvalue weighted by Crippen LogP contribution is 1.95. The topological polar surface area (TPSA) is 41.2 Å². The molecule has 58 valence electrons. The Kier molecular flexibility index (Phi) is 2.48. The van der Waals surface area contributed by atoms with Crippen LogP contribution in [-0.4, -0.2) is 11.1 Å². The molecule has 0 atom stereocenters. The minimum Gasteiger partial charge on any atom is -0.477 e. The predicted octanol–water partition coefficient (Wildman–Crippen LogP) is 0.347. The molecule has 4 heteroatoms. The van der Waals surface area contributed by atoms with E-state index in [0.717, 1.165) is 0 Å². The standard InChI is InChI=1S/C7H7NO2S/c9-7(10)5-8-4-2-1-3-6(8)11/h1-4H,5H2,(H,9,10)/p+1. The second kappa shape index (κ2) is 3.39. The molecule has 0 spiro atoms. The maximum absolute atomic E-state index is 10.3. The third-order valence-electron chi connectivity index (χ3n) is 1.22. The fraction of sp³-hybridized carbons (Fsp3) is 0.143. The first-order valence-corrected chi connectivity index (χ1v) is 3.54. The van der Waals surface area contributed by atoms with Crippen molar-refractivity contribution in [1.82, 2.24) is 0 Å². The SMILES string of the molecule is O=C(O)C[n+]1ccccc1S. The molecule has 0 bridgehead atoms. The molecular weight excluding hydrogens is 162 g/mol. The number of rotatable bonds is 2. The van der Waals surface area contributed by atoms with Crippen LogP contribution in [0.5, 0.6) is 0 Å². The van der Waals surface area contributed by atoms with Gasteiger partial charge in [0.2, 0.25) is 11.6 Å². The van der Waals surface area contributed by atoms with E-state index in [9.17, 15) is 4.79 Å². The smallest absolute Gasteiger partial charge is 0.370 e. The van der Waals surface area contributed by atoms with Crippen LogP contribution in [0.2, 0.25) is 0 Å². The predicted molar refractivity (Wildman–Crippen MR) is 41.5 cm³/mol. The molecule has 0 aliphatic carbocycles. The van der Waals surface area contributed by atoms with Crippen LogP contribution in [0.15, 0.2) is 29.4 Å². The lowest BCUT2D eigenvalue weighted by Crippen LogP contribution is -2.38. The summed E-state index contributed by atoms with van der Waals surface area (Å²) in [6.45, 7) is -0.0420. The summed E-state index contributed by atoms with van der Waals surface area (Å²) in [5, 5.41) is 9.08. The zero-order valence-electron chi connectivity index (χ0n) is 5.77. The van der Waals surface area contributed by atoms with Gasteiger partial charge in [-0.2, -0.15) is 4.57 Å². The first kappa shape index (κ1) is 8.07. The number of carboxylic acid groups (broad SMARTS) is 1. The summed E-state index contributed by atoms with van der Waals surface area (Å²) in [7, 11) is 0. The minimum atomic E-state index is -0.864. The molecule has 1 rings (SSSR count). The van der Waals surface area contributed by atoms with Crippen LogP contribution in [0.3, 0.4) is 0 Å². The molecule has 1 heterocycles. The van der Waals surface area contributed by atoms with E-state index in [0.29, 0.717) is 5.03 Å². The van der Waals surface area contributed by atoms with Gasteiger partial charge in [0.05, 0.1) is 0 Å². The second-order valence-corrected chi connectivity index (χ2v) is 2.54. The first-order chi connectivity index (χ1) is 5.20. The van der Waals surface area contributed by atoms with Gasteiger partial charge < -0.3 is 5.11 Å². The molecule has 0 radical (unpaired) electrons. The normalized spacial score (nSPS) is 9.55. The Balaban J connectivity index is 2.86. The van der Waals surface area contributed by atoms with Crippen LogP contribution in [0.1, 0.15) is 0 Å². The Labute approximate surface area is 69.7 Å². The monoisotopic (exact) mass is 170 g/mol. The Hall–Kier alpha value is -1.03. The van der Waals surface area contributed by atoms with Crippen molar-refractivity contribution in [1.29, 1.82) is 0 Å². The lowest BCUT2D eigenvalue weighted by Gasteiger charge is -1.93. The van der Waals surface area contributed by atoms with Gasteiger partial charge in [0.1, 0.15) is 0 Å². The summed E-state index contributed by atoms with van der Waals surface area (Å²) >= 11 is 4.07. The van der Waals surface area contributed by atoms with Crippen LogP contribution in [0, 0.1) is 0 Å². The molecule has 0 saturated heterocycles. The van der Waals surface area contributed by atoms with Gasteiger partial charge in [0.25, 0.3) is 0 Å². The van der Waals surface area contributed by atoms with Crippen LogP contribution in [0.4, 0.5) is 0 Å². The molecule has 0 aliphatic rings. The molecule has 1 aromatic rings. The van der Waals surface area contributed by atoms with Crippen molar-refractivity contribution < 1.29 is 14.5 Å². The van der Waals surface area contributed by atoms with Crippen LogP contribution >= 0.6 is 12.6 Å². The number of hydrogen-bond acceptors (Lipinski definition) is 2. The van der Waals surface area contributed by atoms with Gasteiger partial charge in [0, 0.05) is 12.1 Å². The molecule has 3 nitrogen and oxygen atoms in total. The summed E-state index contributed by atoms with van der Waals surface area (Å²) in [6, 6.07) is 5.31. The van der Waals surface area contributed by atoms with Crippen LogP contribution in [-0.2, 0) is 11.3 Å². The first-order valence-electron chi connectivity index (χ1n) is 3.09. The fourth-order valence-electron chi connectivity index (χ4n) is 0.747. The molecule has 0 aliphatic heterocycles. The summed E-state index contributed by atoms with van der Waals surface area (Å²) in [6.07, 6.45) is 1.68. The number of pyridine rings is 1. The average molecular weight is 170 g/mol. The van der Waals surface area contributed by atoms with Crippen molar-refractivity contribution in [2.75, 3.05) is 0 Å². The molecular formula is C7H8NO2S+. The van der Waals surface area contributed by atoms with E-state index in [2.05, 4.69) is 12.6 Å². The van der Waals surface area contributed by atoms with Crippen molar-refractivity contribution in [3.63, 3.8) is 0 Å². The van der Waals surface area contributed by atoms with Gasteiger partial charge >= 0.3 is 5.97 Å². The number of carboxylic acids is 1. The van der Waals surface area contributed by atoms with Gasteiger partial charge in [-0.05, 0) is 6.07 Å². The van der Waals surface area contributed by atoms with Crippen molar-refractivity contribution in [3.8, 4) is 0 Å². The number of nitrogens with zero attached hydrogens (tertiary/aromatic N) is 1. The molecule has 0 fully saturated rings. The maximum Gasteiger partial charge on any atom is 0.370 e. The summed E-state index contributed by atoms with van der Waals surface area (Å²) in [5.74, 6) is -0.864. The lowest BCUT2D eigenvalue weighted by molar-refractivity contribution is -0.721. The van der Waals surface area contributed by atoms with E-state index < -0.39 is 5.97 Å². The number of thiol groups is 1. The zero-order valence-corrected chi connectivity index (χ0v) is 6.66.